The van der Waals surface area contributed by atoms with Crippen molar-refractivity contribution in [3.8, 4) is 5.69 Å². The lowest BCUT2D eigenvalue weighted by atomic mass is 10.1. The number of para-hydroxylation sites is 1. The van der Waals surface area contributed by atoms with Gasteiger partial charge in [0.25, 0.3) is 11.6 Å². The summed E-state index contributed by atoms with van der Waals surface area (Å²) in [5.41, 5.74) is 3.12. The van der Waals surface area contributed by atoms with E-state index >= 15 is 0 Å². The number of rotatable bonds is 10. The van der Waals surface area contributed by atoms with E-state index in [4.69, 9.17) is 5.10 Å². The van der Waals surface area contributed by atoms with Crippen molar-refractivity contribution < 1.29 is 9.72 Å². The molecular weight excluding hydrogens is 480 g/mol. The third-order valence-electron chi connectivity index (χ3n) is 7.19. The second-order valence-corrected chi connectivity index (χ2v) is 10.3. The minimum absolute atomic E-state index is 0.0813. The molecule has 1 fully saturated rings. The van der Waals surface area contributed by atoms with E-state index in [2.05, 4.69) is 30.6 Å². The molecule has 0 spiro atoms. The normalized spacial score (nSPS) is 14.2. The molecule has 1 aliphatic heterocycles. The van der Waals surface area contributed by atoms with E-state index in [1.807, 2.05) is 46.8 Å². The van der Waals surface area contributed by atoms with Gasteiger partial charge in [-0.1, -0.05) is 45.0 Å². The van der Waals surface area contributed by atoms with E-state index in [1.54, 1.807) is 12.1 Å². The molecule has 4 rings (SSSR count). The first-order valence-corrected chi connectivity index (χ1v) is 13.4. The number of nitro benzene ring substituents is 1. The van der Waals surface area contributed by atoms with Gasteiger partial charge in [-0.15, -0.1) is 0 Å². The number of carbonyl (C=O) groups excluding carboxylic acids is 1. The molecule has 38 heavy (non-hydrogen) atoms. The topological polar surface area (TPSA) is 87.8 Å². The van der Waals surface area contributed by atoms with Crippen LogP contribution in [0.4, 0.5) is 11.5 Å². The summed E-state index contributed by atoms with van der Waals surface area (Å²) in [4.78, 5) is 31.3. The number of amides is 1. The van der Waals surface area contributed by atoms with Crippen LogP contribution in [0.1, 0.15) is 48.8 Å². The summed E-state index contributed by atoms with van der Waals surface area (Å²) >= 11 is 0. The number of likely N-dealkylation sites (N-methyl/N-ethyl adjacent to an activating group) is 1. The molecule has 1 aromatic heterocycles. The van der Waals surface area contributed by atoms with Crippen LogP contribution in [0.2, 0.25) is 0 Å². The van der Waals surface area contributed by atoms with Crippen LogP contribution in [0.5, 0.6) is 0 Å². The average molecular weight is 519 g/mol. The van der Waals surface area contributed by atoms with E-state index in [9.17, 15) is 14.9 Å². The Morgan fingerprint density at radius 3 is 2.42 bits per heavy atom. The first kappa shape index (κ1) is 27.3. The van der Waals surface area contributed by atoms with Gasteiger partial charge in [-0.2, -0.15) is 5.10 Å². The minimum atomic E-state index is -0.461. The Kier molecular flexibility index (Phi) is 8.78. The molecule has 9 heteroatoms. The predicted molar refractivity (Wildman–Crippen MR) is 150 cm³/mol. The summed E-state index contributed by atoms with van der Waals surface area (Å²) in [5, 5.41) is 16.3. The molecular formula is C29H38N6O3. The Hall–Kier alpha value is -3.72. The van der Waals surface area contributed by atoms with Crippen LogP contribution < -0.4 is 4.90 Å². The van der Waals surface area contributed by atoms with Crippen molar-refractivity contribution in [2.45, 2.75) is 40.7 Å². The second-order valence-electron chi connectivity index (χ2n) is 10.3. The number of aryl methyl sites for hydroxylation is 1. The SMILES string of the molecule is CCN1CCN(c2c(CN(CCC(C)C)C(=O)c3cccc([N+](=O)[O-])c3)c(C)nn2-c2ccccc2)CC1. The zero-order valence-electron chi connectivity index (χ0n) is 22.8. The summed E-state index contributed by atoms with van der Waals surface area (Å²) in [6.45, 7) is 14.1. The molecule has 2 heterocycles. The molecule has 0 aliphatic carbocycles. The average Bonchev–Trinajstić information content (AvgIpc) is 3.26. The van der Waals surface area contributed by atoms with Gasteiger partial charge in [0.1, 0.15) is 5.82 Å². The van der Waals surface area contributed by atoms with Gasteiger partial charge in [-0.3, -0.25) is 14.9 Å². The summed E-state index contributed by atoms with van der Waals surface area (Å²) < 4.78 is 2.00. The van der Waals surface area contributed by atoms with Crippen molar-refractivity contribution in [1.82, 2.24) is 19.6 Å². The fourth-order valence-electron chi connectivity index (χ4n) is 4.87. The highest BCUT2D eigenvalue weighted by molar-refractivity contribution is 5.95. The molecule has 0 atom stereocenters. The summed E-state index contributed by atoms with van der Waals surface area (Å²) in [6.07, 6.45) is 0.830. The lowest BCUT2D eigenvalue weighted by Crippen LogP contribution is -2.47. The standard InChI is InChI=1S/C29H38N6O3/c1-5-31-16-18-32(19-17-31)28-27(23(4)30-34(28)25-11-7-6-8-12-25)21-33(15-14-22(2)3)29(36)24-10-9-13-26(20-24)35(37)38/h6-13,20,22H,5,14-19,21H2,1-4H3. The first-order valence-electron chi connectivity index (χ1n) is 13.4. The van der Waals surface area contributed by atoms with Crippen molar-refractivity contribution in [3.05, 3.63) is 81.5 Å². The van der Waals surface area contributed by atoms with Crippen LogP contribution in [0, 0.1) is 23.0 Å². The molecule has 1 saturated heterocycles. The lowest BCUT2D eigenvalue weighted by molar-refractivity contribution is -0.384. The second kappa shape index (κ2) is 12.2. The van der Waals surface area contributed by atoms with Crippen molar-refractivity contribution in [2.24, 2.45) is 5.92 Å². The maximum absolute atomic E-state index is 13.7. The molecule has 1 aliphatic rings. The van der Waals surface area contributed by atoms with E-state index in [0.29, 0.717) is 24.6 Å². The minimum Gasteiger partial charge on any atom is -0.354 e. The summed E-state index contributed by atoms with van der Waals surface area (Å²) in [5.74, 6) is 1.22. The Balaban J connectivity index is 1.73. The molecule has 202 valence electrons. The quantitative estimate of drug-likeness (QED) is 0.280. The number of benzene rings is 2. The maximum Gasteiger partial charge on any atom is 0.270 e. The van der Waals surface area contributed by atoms with E-state index in [0.717, 1.165) is 61.9 Å². The van der Waals surface area contributed by atoms with Crippen molar-refractivity contribution >= 4 is 17.4 Å². The van der Waals surface area contributed by atoms with Gasteiger partial charge in [-0.25, -0.2) is 4.68 Å². The third-order valence-corrected chi connectivity index (χ3v) is 7.19. The van der Waals surface area contributed by atoms with Gasteiger partial charge < -0.3 is 14.7 Å². The lowest BCUT2D eigenvalue weighted by Gasteiger charge is -2.36. The van der Waals surface area contributed by atoms with Crippen molar-refractivity contribution in [2.75, 3.05) is 44.2 Å². The van der Waals surface area contributed by atoms with Crippen LogP contribution in [0.15, 0.2) is 54.6 Å². The number of non-ortho nitro benzene ring substituents is 1. The number of hydrogen-bond donors (Lipinski definition) is 0. The zero-order valence-corrected chi connectivity index (χ0v) is 22.8. The Morgan fingerprint density at radius 1 is 1.08 bits per heavy atom. The highest BCUT2D eigenvalue weighted by Gasteiger charge is 2.28. The number of nitrogens with zero attached hydrogens (tertiary/aromatic N) is 6. The molecule has 0 radical (unpaired) electrons. The fourth-order valence-corrected chi connectivity index (χ4v) is 4.87. The summed E-state index contributed by atoms with van der Waals surface area (Å²) in [6, 6.07) is 16.1. The van der Waals surface area contributed by atoms with Gasteiger partial charge >= 0.3 is 0 Å². The number of hydrogen-bond acceptors (Lipinski definition) is 6. The van der Waals surface area contributed by atoms with Crippen LogP contribution in [0.25, 0.3) is 5.69 Å². The zero-order chi connectivity index (χ0) is 27.2. The molecule has 2 aromatic carbocycles. The highest BCUT2D eigenvalue weighted by atomic mass is 16.6. The largest absolute Gasteiger partial charge is 0.354 e. The third kappa shape index (κ3) is 6.22. The first-order chi connectivity index (χ1) is 18.3. The smallest absolute Gasteiger partial charge is 0.270 e. The van der Waals surface area contributed by atoms with E-state index < -0.39 is 4.92 Å². The van der Waals surface area contributed by atoms with Crippen LogP contribution in [-0.2, 0) is 6.54 Å². The van der Waals surface area contributed by atoms with Gasteiger partial charge in [0, 0.05) is 56.0 Å². The van der Waals surface area contributed by atoms with E-state index in [-0.39, 0.29) is 11.6 Å². The monoisotopic (exact) mass is 518 g/mol. The molecule has 3 aromatic rings. The van der Waals surface area contributed by atoms with Crippen molar-refractivity contribution in [1.29, 1.82) is 0 Å². The predicted octanol–water partition coefficient (Wildman–Crippen LogP) is 4.92. The number of aromatic nitrogens is 2. The Labute approximate surface area is 224 Å². The number of carbonyl (C=O) groups is 1. The Bertz CT molecular complexity index is 1250. The van der Waals surface area contributed by atoms with Crippen molar-refractivity contribution in [3.63, 3.8) is 0 Å². The molecule has 0 bridgehead atoms. The number of anilines is 1. The summed E-state index contributed by atoms with van der Waals surface area (Å²) in [7, 11) is 0. The molecule has 0 unspecified atom stereocenters. The van der Waals surface area contributed by atoms with Crippen LogP contribution in [0.3, 0.4) is 0 Å². The number of nitro groups is 1. The van der Waals surface area contributed by atoms with Gasteiger partial charge in [-0.05, 0) is 44.0 Å². The van der Waals surface area contributed by atoms with Crippen LogP contribution in [-0.4, -0.2) is 69.7 Å². The molecule has 1 amide bonds. The molecule has 0 N–H and O–H groups in total. The van der Waals surface area contributed by atoms with Gasteiger partial charge in [0.15, 0.2) is 0 Å². The number of piperazine rings is 1. The molecule has 0 saturated carbocycles. The highest BCUT2D eigenvalue weighted by Crippen LogP contribution is 2.30. The van der Waals surface area contributed by atoms with E-state index in [1.165, 1.54) is 12.1 Å². The van der Waals surface area contributed by atoms with Crippen LogP contribution >= 0.6 is 0 Å². The fraction of sp³-hybridized carbons (Fsp3) is 0.448. The maximum atomic E-state index is 13.7. The Morgan fingerprint density at radius 2 is 1.79 bits per heavy atom. The molecule has 9 nitrogen and oxygen atoms in total. The van der Waals surface area contributed by atoms with Gasteiger partial charge in [0.2, 0.25) is 0 Å². The van der Waals surface area contributed by atoms with Gasteiger partial charge in [0.05, 0.1) is 22.8 Å².